The molecule has 162 valence electrons. The van der Waals surface area contributed by atoms with Crippen molar-refractivity contribution in [2.24, 2.45) is 5.92 Å². The molecule has 0 saturated carbocycles. The summed E-state index contributed by atoms with van der Waals surface area (Å²) < 4.78 is 0. The Hall–Kier alpha value is -2.90. The second kappa shape index (κ2) is 9.08. The van der Waals surface area contributed by atoms with Crippen LogP contribution in [0.2, 0.25) is 5.02 Å². The molecule has 2 aliphatic heterocycles. The molecule has 1 amide bonds. The number of amides is 1. The second-order valence-electron chi connectivity index (χ2n) is 8.04. The molecule has 1 fully saturated rings. The van der Waals surface area contributed by atoms with Crippen molar-refractivity contribution in [3.05, 3.63) is 81.4 Å². The van der Waals surface area contributed by atoms with E-state index in [-0.39, 0.29) is 28.5 Å². The molecule has 0 aromatic heterocycles. The molecule has 4 rings (SSSR count). The van der Waals surface area contributed by atoms with Gasteiger partial charge in [-0.1, -0.05) is 29.8 Å². The van der Waals surface area contributed by atoms with Crippen LogP contribution in [0.5, 0.6) is 0 Å². The molecule has 7 nitrogen and oxygen atoms in total. The maximum absolute atomic E-state index is 13.0. The standard InChI is InChI=1S/C23H25ClN4O3/c1-2-9-25-23(29)20-13-17-12-19(28(30)31)7-8-21(17)27-11-10-26(15-22(20)27)14-16-3-5-18(24)6-4-16/h2-8,12,20,22H,1,9-11,13-15H2,(H,25,29)/t20-,22+/m1/s1. The summed E-state index contributed by atoms with van der Waals surface area (Å²) in [5.41, 5.74) is 3.09. The average molecular weight is 441 g/mol. The predicted octanol–water partition coefficient (Wildman–Crippen LogP) is 3.41. The topological polar surface area (TPSA) is 78.7 Å². The predicted molar refractivity (Wildman–Crippen MR) is 121 cm³/mol. The highest BCUT2D eigenvalue weighted by molar-refractivity contribution is 6.30. The number of benzene rings is 2. The molecular weight excluding hydrogens is 416 g/mol. The molecule has 0 bridgehead atoms. The Morgan fingerprint density at radius 3 is 2.74 bits per heavy atom. The van der Waals surface area contributed by atoms with Gasteiger partial charge in [-0.25, -0.2) is 0 Å². The van der Waals surface area contributed by atoms with E-state index in [9.17, 15) is 14.9 Å². The summed E-state index contributed by atoms with van der Waals surface area (Å²) in [6, 6.07) is 12.8. The number of non-ortho nitro benzene ring substituents is 1. The van der Waals surface area contributed by atoms with Crippen LogP contribution in [0.4, 0.5) is 11.4 Å². The zero-order valence-corrected chi connectivity index (χ0v) is 17.9. The fraction of sp³-hybridized carbons (Fsp3) is 0.348. The van der Waals surface area contributed by atoms with Gasteiger partial charge in [0.2, 0.25) is 5.91 Å². The fourth-order valence-corrected chi connectivity index (χ4v) is 4.70. The van der Waals surface area contributed by atoms with Crippen LogP contribution in [-0.2, 0) is 17.8 Å². The Balaban J connectivity index is 1.60. The van der Waals surface area contributed by atoms with Crippen LogP contribution in [0, 0.1) is 16.0 Å². The molecule has 2 atom stereocenters. The van der Waals surface area contributed by atoms with Crippen molar-refractivity contribution in [3.63, 3.8) is 0 Å². The Morgan fingerprint density at radius 1 is 1.26 bits per heavy atom. The highest BCUT2D eigenvalue weighted by Gasteiger charge is 2.41. The van der Waals surface area contributed by atoms with E-state index >= 15 is 0 Å². The van der Waals surface area contributed by atoms with Crippen molar-refractivity contribution in [1.29, 1.82) is 0 Å². The zero-order valence-electron chi connectivity index (χ0n) is 17.2. The number of hydrogen-bond donors (Lipinski definition) is 1. The molecule has 2 heterocycles. The normalized spacial score (nSPS) is 20.5. The SMILES string of the molecule is C=CCNC(=O)[C@@H]1Cc2cc([N+](=O)[O-])ccc2N2CCN(Cc3ccc(Cl)cc3)C[C@@H]12. The van der Waals surface area contributed by atoms with E-state index in [4.69, 9.17) is 11.6 Å². The van der Waals surface area contributed by atoms with Crippen molar-refractivity contribution < 1.29 is 9.72 Å². The Labute approximate surface area is 186 Å². The lowest BCUT2D eigenvalue weighted by Gasteiger charge is -2.49. The van der Waals surface area contributed by atoms with E-state index in [0.717, 1.165) is 37.4 Å². The largest absolute Gasteiger partial charge is 0.365 e. The molecule has 0 spiro atoms. The monoisotopic (exact) mass is 440 g/mol. The number of hydrogen-bond acceptors (Lipinski definition) is 5. The molecule has 1 saturated heterocycles. The van der Waals surface area contributed by atoms with Crippen LogP contribution in [0.3, 0.4) is 0 Å². The molecule has 0 radical (unpaired) electrons. The van der Waals surface area contributed by atoms with Crippen molar-refractivity contribution in [3.8, 4) is 0 Å². The second-order valence-corrected chi connectivity index (χ2v) is 8.47. The van der Waals surface area contributed by atoms with Gasteiger partial charge in [0, 0.05) is 55.6 Å². The van der Waals surface area contributed by atoms with E-state index < -0.39 is 0 Å². The van der Waals surface area contributed by atoms with Crippen LogP contribution in [0.25, 0.3) is 0 Å². The summed E-state index contributed by atoms with van der Waals surface area (Å²) in [6.45, 7) is 7.21. The molecule has 0 unspecified atom stereocenters. The molecule has 8 heteroatoms. The van der Waals surface area contributed by atoms with E-state index in [1.807, 2.05) is 30.3 Å². The first-order chi connectivity index (χ1) is 15.0. The zero-order chi connectivity index (χ0) is 22.0. The highest BCUT2D eigenvalue weighted by atomic mass is 35.5. The third-order valence-corrected chi connectivity index (χ3v) is 6.32. The maximum atomic E-state index is 13.0. The quantitative estimate of drug-likeness (QED) is 0.423. The number of piperazine rings is 1. The number of carbonyl (C=O) groups excluding carboxylic acids is 1. The molecule has 31 heavy (non-hydrogen) atoms. The lowest BCUT2D eigenvalue weighted by molar-refractivity contribution is -0.384. The van der Waals surface area contributed by atoms with Crippen molar-refractivity contribution in [2.45, 2.75) is 19.0 Å². The summed E-state index contributed by atoms with van der Waals surface area (Å²) in [4.78, 5) is 28.5. The van der Waals surface area contributed by atoms with Crippen molar-refractivity contribution >= 4 is 28.9 Å². The molecule has 0 aliphatic carbocycles. The van der Waals surface area contributed by atoms with Crippen LogP contribution in [-0.4, -0.2) is 48.0 Å². The molecule has 2 aliphatic rings. The van der Waals surface area contributed by atoms with Gasteiger partial charge < -0.3 is 10.2 Å². The van der Waals surface area contributed by atoms with Gasteiger partial charge in [0.1, 0.15) is 0 Å². The van der Waals surface area contributed by atoms with Crippen LogP contribution >= 0.6 is 11.6 Å². The summed E-state index contributed by atoms with van der Waals surface area (Å²) in [5.74, 6) is -0.331. The van der Waals surface area contributed by atoms with Gasteiger partial charge in [-0.2, -0.15) is 0 Å². The van der Waals surface area contributed by atoms with E-state index in [0.29, 0.717) is 18.0 Å². The number of fused-ring (bicyclic) bond motifs is 3. The summed E-state index contributed by atoms with van der Waals surface area (Å²) in [7, 11) is 0. The third kappa shape index (κ3) is 4.57. The highest BCUT2D eigenvalue weighted by Crippen LogP contribution is 2.38. The van der Waals surface area contributed by atoms with Gasteiger partial charge in [-0.05, 0) is 35.7 Å². The van der Waals surface area contributed by atoms with Crippen LogP contribution in [0.1, 0.15) is 11.1 Å². The smallest absolute Gasteiger partial charge is 0.269 e. The summed E-state index contributed by atoms with van der Waals surface area (Å²) in [5, 5.41) is 14.9. The molecule has 2 aromatic carbocycles. The summed E-state index contributed by atoms with van der Waals surface area (Å²) in [6.07, 6.45) is 2.14. The number of nitrogens with one attached hydrogen (secondary N) is 1. The maximum Gasteiger partial charge on any atom is 0.269 e. The first-order valence-corrected chi connectivity index (χ1v) is 10.7. The lowest BCUT2D eigenvalue weighted by atomic mass is 9.83. The number of nitro groups is 1. The lowest BCUT2D eigenvalue weighted by Crippen LogP contribution is -2.60. The van der Waals surface area contributed by atoms with E-state index in [2.05, 4.69) is 21.7 Å². The average Bonchev–Trinajstić information content (AvgIpc) is 2.77. The van der Waals surface area contributed by atoms with Gasteiger partial charge >= 0.3 is 0 Å². The minimum Gasteiger partial charge on any atom is -0.365 e. The number of rotatable bonds is 6. The van der Waals surface area contributed by atoms with Crippen molar-refractivity contribution in [2.75, 3.05) is 31.1 Å². The number of anilines is 1. The minimum absolute atomic E-state index is 0.000165. The van der Waals surface area contributed by atoms with E-state index in [1.54, 1.807) is 18.2 Å². The van der Waals surface area contributed by atoms with Gasteiger partial charge in [0.15, 0.2) is 0 Å². The Kier molecular flexibility index (Phi) is 6.25. The van der Waals surface area contributed by atoms with Gasteiger partial charge in [0.25, 0.3) is 5.69 Å². The number of nitrogens with zero attached hydrogens (tertiary/aromatic N) is 3. The van der Waals surface area contributed by atoms with Crippen LogP contribution in [0.15, 0.2) is 55.1 Å². The van der Waals surface area contributed by atoms with Gasteiger partial charge in [-0.15, -0.1) is 6.58 Å². The summed E-state index contributed by atoms with van der Waals surface area (Å²) >= 11 is 6.01. The Morgan fingerprint density at radius 2 is 2.03 bits per heavy atom. The molecular formula is C23H25ClN4O3. The minimum atomic E-state index is -0.386. The van der Waals surface area contributed by atoms with Crippen molar-refractivity contribution in [1.82, 2.24) is 10.2 Å². The third-order valence-electron chi connectivity index (χ3n) is 6.07. The van der Waals surface area contributed by atoms with Gasteiger partial charge in [-0.3, -0.25) is 19.8 Å². The first-order valence-electron chi connectivity index (χ1n) is 10.4. The molecule has 1 N–H and O–H groups in total. The fourth-order valence-electron chi connectivity index (χ4n) is 4.58. The number of nitro benzene ring substituents is 1. The van der Waals surface area contributed by atoms with E-state index in [1.165, 1.54) is 5.56 Å². The first kappa shape index (κ1) is 21.3. The number of halogens is 1. The molecule has 2 aromatic rings. The number of carbonyl (C=O) groups is 1. The Bertz CT molecular complexity index is 995. The van der Waals surface area contributed by atoms with Gasteiger partial charge in [0.05, 0.1) is 16.9 Å². The van der Waals surface area contributed by atoms with Crippen LogP contribution < -0.4 is 10.2 Å².